The summed E-state index contributed by atoms with van der Waals surface area (Å²) in [5, 5.41) is 0. The van der Waals surface area contributed by atoms with Gasteiger partial charge in [0.15, 0.2) is 5.65 Å². The van der Waals surface area contributed by atoms with Crippen LogP contribution in [-0.2, 0) is 19.6 Å². The second-order valence-electron chi connectivity index (χ2n) is 6.51. The van der Waals surface area contributed by atoms with Crippen molar-refractivity contribution in [1.29, 1.82) is 0 Å². The SMILES string of the molecule is CN(C)C(=O)n1c(=O)n(C)c2cnc(OCCc3ccc(C(F)(F)F)cc3)nc21. The van der Waals surface area contributed by atoms with Crippen LogP contribution in [0.2, 0.25) is 0 Å². The number of aryl methyl sites for hydroxylation is 1. The lowest BCUT2D eigenvalue weighted by atomic mass is 10.1. The maximum absolute atomic E-state index is 12.6. The third-order valence-corrected chi connectivity index (χ3v) is 4.26. The quantitative estimate of drug-likeness (QED) is 0.661. The molecule has 0 atom stereocenters. The van der Waals surface area contributed by atoms with Crippen molar-refractivity contribution in [3.63, 3.8) is 0 Å². The predicted molar refractivity (Wildman–Crippen MR) is 97.9 cm³/mol. The first-order valence-corrected chi connectivity index (χ1v) is 8.54. The number of nitrogens with zero attached hydrogens (tertiary/aromatic N) is 5. The highest BCUT2D eigenvalue weighted by atomic mass is 19.4. The number of amides is 1. The molecule has 0 aliphatic carbocycles. The van der Waals surface area contributed by atoms with Crippen molar-refractivity contribution in [3.05, 3.63) is 52.1 Å². The average Bonchev–Trinajstić information content (AvgIpc) is 2.91. The summed E-state index contributed by atoms with van der Waals surface area (Å²) in [6.45, 7) is 0.107. The van der Waals surface area contributed by atoms with Crippen LogP contribution in [0, 0.1) is 0 Å². The van der Waals surface area contributed by atoms with Gasteiger partial charge in [-0.05, 0) is 17.7 Å². The smallest absolute Gasteiger partial charge is 0.416 e. The van der Waals surface area contributed by atoms with E-state index in [4.69, 9.17) is 4.74 Å². The number of halogens is 3. The van der Waals surface area contributed by atoms with E-state index in [-0.39, 0.29) is 18.3 Å². The maximum atomic E-state index is 12.6. The van der Waals surface area contributed by atoms with E-state index < -0.39 is 23.5 Å². The van der Waals surface area contributed by atoms with Gasteiger partial charge in [0.1, 0.15) is 5.52 Å². The van der Waals surface area contributed by atoms with Gasteiger partial charge < -0.3 is 9.64 Å². The molecular formula is C18H18F3N5O3. The molecule has 8 nitrogen and oxygen atoms in total. The van der Waals surface area contributed by atoms with E-state index >= 15 is 0 Å². The number of imidazole rings is 1. The molecule has 1 aromatic carbocycles. The number of benzene rings is 1. The van der Waals surface area contributed by atoms with E-state index in [0.717, 1.165) is 16.7 Å². The maximum Gasteiger partial charge on any atom is 0.416 e. The fraction of sp³-hybridized carbons (Fsp3) is 0.333. The fourth-order valence-electron chi connectivity index (χ4n) is 2.66. The number of rotatable bonds is 4. The van der Waals surface area contributed by atoms with Gasteiger partial charge in [0.25, 0.3) is 0 Å². The number of hydrogen-bond acceptors (Lipinski definition) is 5. The molecule has 0 saturated heterocycles. The number of fused-ring (bicyclic) bond motifs is 1. The van der Waals surface area contributed by atoms with Gasteiger partial charge in [0.2, 0.25) is 0 Å². The number of ether oxygens (including phenoxy) is 1. The lowest BCUT2D eigenvalue weighted by Crippen LogP contribution is -2.35. The van der Waals surface area contributed by atoms with Gasteiger partial charge in [-0.3, -0.25) is 4.57 Å². The van der Waals surface area contributed by atoms with Crippen molar-refractivity contribution in [2.75, 3.05) is 20.7 Å². The Morgan fingerprint density at radius 3 is 2.45 bits per heavy atom. The summed E-state index contributed by atoms with van der Waals surface area (Å²) in [5.41, 5.74) is -0.159. The minimum atomic E-state index is -4.38. The Bertz CT molecular complexity index is 1100. The number of carbonyl (C=O) groups excluding carboxylic acids is 1. The Morgan fingerprint density at radius 1 is 1.21 bits per heavy atom. The molecule has 0 spiro atoms. The summed E-state index contributed by atoms with van der Waals surface area (Å²) in [5.74, 6) is 0. The number of aromatic nitrogens is 4. The van der Waals surface area contributed by atoms with Crippen LogP contribution in [0.4, 0.5) is 18.0 Å². The van der Waals surface area contributed by atoms with E-state index in [2.05, 4.69) is 9.97 Å². The Balaban J connectivity index is 1.76. The molecule has 2 aromatic heterocycles. The molecule has 0 fully saturated rings. The number of alkyl halides is 3. The second kappa shape index (κ2) is 7.57. The Kier molecular flexibility index (Phi) is 5.31. The molecule has 0 aliphatic heterocycles. The summed E-state index contributed by atoms with van der Waals surface area (Å²) in [6.07, 6.45) is -2.68. The molecule has 154 valence electrons. The van der Waals surface area contributed by atoms with Crippen molar-refractivity contribution in [1.82, 2.24) is 24.0 Å². The van der Waals surface area contributed by atoms with Crippen LogP contribution in [0.5, 0.6) is 6.01 Å². The van der Waals surface area contributed by atoms with Crippen LogP contribution in [0.25, 0.3) is 11.2 Å². The van der Waals surface area contributed by atoms with Gasteiger partial charge in [-0.15, -0.1) is 0 Å². The van der Waals surface area contributed by atoms with Gasteiger partial charge >= 0.3 is 23.9 Å². The van der Waals surface area contributed by atoms with Crippen LogP contribution in [0.15, 0.2) is 35.3 Å². The van der Waals surface area contributed by atoms with Crippen molar-refractivity contribution >= 4 is 17.2 Å². The number of hydrogen-bond donors (Lipinski definition) is 0. The van der Waals surface area contributed by atoms with Crippen LogP contribution in [0.1, 0.15) is 11.1 Å². The minimum Gasteiger partial charge on any atom is -0.463 e. The Labute approximate surface area is 163 Å². The lowest BCUT2D eigenvalue weighted by Gasteiger charge is -2.10. The zero-order valence-corrected chi connectivity index (χ0v) is 15.9. The van der Waals surface area contributed by atoms with Crippen LogP contribution < -0.4 is 10.4 Å². The van der Waals surface area contributed by atoms with Gasteiger partial charge in [-0.2, -0.15) is 22.7 Å². The summed E-state index contributed by atoms with van der Waals surface area (Å²) in [4.78, 5) is 34.0. The van der Waals surface area contributed by atoms with E-state index in [9.17, 15) is 22.8 Å². The van der Waals surface area contributed by atoms with Crippen molar-refractivity contribution in [2.24, 2.45) is 7.05 Å². The van der Waals surface area contributed by atoms with E-state index in [1.165, 1.54) is 48.9 Å². The molecule has 29 heavy (non-hydrogen) atoms. The molecule has 0 radical (unpaired) electrons. The molecule has 0 bridgehead atoms. The Morgan fingerprint density at radius 2 is 1.86 bits per heavy atom. The summed E-state index contributed by atoms with van der Waals surface area (Å²) >= 11 is 0. The van der Waals surface area contributed by atoms with Gasteiger partial charge in [-0.25, -0.2) is 14.6 Å². The van der Waals surface area contributed by atoms with Gasteiger partial charge in [0, 0.05) is 27.6 Å². The highest BCUT2D eigenvalue weighted by Crippen LogP contribution is 2.29. The molecular weight excluding hydrogens is 391 g/mol. The number of carbonyl (C=O) groups is 1. The standard InChI is InChI=1S/C18H18F3N5O3/c1-24(2)16(27)26-14-13(25(3)17(26)28)10-22-15(23-14)29-9-8-11-4-6-12(7-5-11)18(19,20)21/h4-7,10H,8-9H2,1-3H3. The minimum absolute atomic E-state index is 0.0460. The van der Waals surface area contributed by atoms with Crippen molar-refractivity contribution < 1.29 is 22.7 Å². The first-order chi connectivity index (χ1) is 13.6. The fourth-order valence-corrected chi connectivity index (χ4v) is 2.66. The van der Waals surface area contributed by atoms with Gasteiger partial charge in [-0.1, -0.05) is 12.1 Å². The normalized spacial score (nSPS) is 11.7. The van der Waals surface area contributed by atoms with Crippen molar-refractivity contribution in [3.8, 4) is 6.01 Å². The predicted octanol–water partition coefficient (Wildman–Crippen LogP) is 2.30. The van der Waals surface area contributed by atoms with E-state index in [1.807, 2.05) is 0 Å². The third kappa shape index (κ3) is 4.08. The highest BCUT2D eigenvalue weighted by Gasteiger charge is 2.29. The van der Waals surface area contributed by atoms with Crippen LogP contribution >= 0.6 is 0 Å². The monoisotopic (exact) mass is 409 g/mol. The third-order valence-electron chi connectivity index (χ3n) is 4.26. The first-order valence-electron chi connectivity index (χ1n) is 8.54. The molecule has 2 heterocycles. The topological polar surface area (TPSA) is 82.2 Å². The zero-order chi connectivity index (χ0) is 21.3. The molecule has 11 heteroatoms. The average molecular weight is 409 g/mol. The van der Waals surface area contributed by atoms with E-state index in [1.54, 1.807) is 0 Å². The molecule has 3 rings (SSSR count). The molecule has 0 N–H and O–H groups in total. The first kappa shape index (κ1) is 20.4. The zero-order valence-electron chi connectivity index (χ0n) is 15.9. The second-order valence-corrected chi connectivity index (χ2v) is 6.51. The van der Waals surface area contributed by atoms with Gasteiger partial charge in [0.05, 0.1) is 18.4 Å². The largest absolute Gasteiger partial charge is 0.463 e. The molecule has 0 aliphatic rings. The Hall–Kier alpha value is -3.37. The highest BCUT2D eigenvalue weighted by molar-refractivity contribution is 5.86. The van der Waals surface area contributed by atoms with E-state index in [0.29, 0.717) is 17.5 Å². The molecule has 0 saturated carbocycles. The van der Waals surface area contributed by atoms with Crippen LogP contribution in [0.3, 0.4) is 0 Å². The molecule has 3 aromatic rings. The molecule has 0 unspecified atom stereocenters. The van der Waals surface area contributed by atoms with Crippen molar-refractivity contribution in [2.45, 2.75) is 12.6 Å². The summed E-state index contributed by atoms with van der Waals surface area (Å²) in [7, 11) is 4.52. The summed E-state index contributed by atoms with van der Waals surface area (Å²) < 4.78 is 45.4. The summed E-state index contributed by atoms with van der Waals surface area (Å²) in [6, 6.07) is 4.16. The lowest BCUT2D eigenvalue weighted by molar-refractivity contribution is -0.137. The molecule has 1 amide bonds. The van der Waals surface area contributed by atoms with Crippen LogP contribution in [-0.4, -0.2) is 50.7 Å².